The average molecular weight is 379 g/mol. The van der Waals surface area contributed by atoms with E-state index < -0.39 is 10.0 Å². The number of carbonyl (C=O) groups is 1. The van der Waals surface area contributed by atoms with Crippen LogP contribution in [0.4, 0.5) is 0 Å². The van der Waals surface area contributed by atoms with Crippen LogP contribution in [-0.2, 0) is 10.0 Å². The molecule has 1 fully saturated rings. The number of hydrogen-bond donors (Lipinski definition) is 1. The fourth-order valence-corrected chi connectivity index (χ4v) is 5.11. The van der Waals surface area contributed by atoms with E-state index in [1.54, 1.807) is 18.2 Å². The highest BCUT2D eigenvalue weighted by atomic mass is 32.2. The molecule has 2 heterocycles. The summed E-state index contributed by atoms with van der Waals surface area (Å²) in [5.74, 6) is -0.0783. The lowest BCUT2D eigenvalue weighted by Crippen LogP contribution is -2.46. The highest BCUT2D eigenvalue weighted by Gasteiger charge is 2.30. The Labute approximate surface area is 152 Å². The van der Waals surface area contributed by atoms with Gasteiger partial charge in [0.1, 0.15) is 0 Å². The van der Waals surface area contributed by atoms with Crippen molar-refractivity contribution in [3.63, 3.8) is 0 Å². The maximum atomic E-state index is 12.8. The van der Waals surface area contributed by atoms with E-state index in [9.17, 15) is 13.2 Å². The molecule has 7 heteroatoms. The zero-order valence-electron chi connectivity index (χ0n) is 14.4. The van der Waals surface area contributed by atoms with Crippen LogP contribution in [0.3, 0.4) is 0 Å². The van der Waals surface area contributed by atoms with Crippen LogP contribution in [0.25, 0.3) is 0 Å². The second-order valence-electron chi connectivity index (χ2n) is 6.38. The van der Waals surface area contributed by atoms with E-state index in [-0.39, 0.29) is 11.9 Å². The Balaban J connectivity index is 1.63. The summed E-state index contributed by atoms with van der Waals surface area (Å²) in [4.78, 5) is 13.1. The third kappa shape index (κ3) is 3.94. The number of nitrogens with zero attached hydrogens (tertiary/aromatic N) is 1. The first-order valence-corrected chi connectivity index (χ1v) is 10.6. The van der Waals surface area contributed by atoms with Gasteiger partial charge in [-0.15, -0.1) is 11.3 Å². The number of aryl methyl sites for hydroxylation is 2. The number of hydrogen-bond acceptors (Lipinski definition) is 4. The fourth-order valence-electron chi connectivity index (χ4n) is 2.93. The predicted octanol–water partition coefficient (Wildman–Crippen LogP) is 2.95. The summed E-state index contributed by atoms with van der Waals surface area (Å²) in [5.41, 5.74) is 2.05. The Bertz CT molecular complexity index is 852. The Morgan fingerprint density at radius 3 is 2.48 bits per heavy atom. The van der Waals surface area contributed by atoms with Crippen molar-refractivity contribution in [3.8, 4) is 0 Å². The van der Waals surface area contributed by atoms with Gasteiger partial charge in [-0.3, -0.25) is 4.79 Å². The highest BCUT2D eigenvalue weighted by Crippen LogP contribution is 2.23. The van der Waals surface area contributed by atoms with E-state index in [4.69, 9.17) is 0 Å². The van der Waals surface area contributed by atoms with Crippen molar-refractivity contribution in [1.29, 1.82) is 0 Å². The quantitative estimate of drug-likeness (QED) is 0.889. The van der Waals surface area contributed by atoms with Gasteiger partial charge in [-0.2, -0.15) is 4.31 Å². The largest absolute Gasteiger partial charge is 0.349 e. The van der Waals surface area contributed by atoms with Crippen LogP contribution in [0.1, 0.15) is 33.6 Å². The number of thiophene rings is 1. The summed E-state index contributed by atoms with van der Waals surface area (Å²) in [6, 6.07) is 8.90. The van der Waals surface area contributed by atoms with Gasteiger partial charge >= 0.3 is 0 Å². The highest BCUT2D eigenvalue weighted by molar-refractivity contribution is 7.89. The standard InChI is InChI=1S/C18H22N2O3S2/c1-13-5-6-16(12-14(13)2)25(22,23)20-9-7-15(8-10-20)19-18(21)17-4-3-11-24-17/h3-6,11-12,15H,7-10H2,1-2H3,(H,19,21). The van der Waals surface area contributed by atoms with E-state index >= 15 is 0 Å². The van der Waals surface area contributed by atoms with Gasteiger partial charge < -0.3 is 5.32 Å². The monoisotopic (exact) mass is 378 g/mol. The van der Waals surface area contributed by atoms with E-state index in [1.165, 1.54) is 15.6 Å². The molecule has 0 bridgehead atoms. The lowest BCUT2D eigenvalue weighted by atomic mass is 10.1. The predicted molar refractivity (Wildman–Crippen MR) is 99.5 cm³/mol. The third-order valence-corrected chi connectivity index (χ3v) is 7.41. The molecule has 0 saturated carbocycles. The molecule has 1 saturated heterocycles. The molecule has 3 rings (SSSR count). The topological polar surface area (TPSA) is 66.5 Å². The van der Waals surface area contributed by atoms with Crippen molar-refractivity contribution >= 4 is 27.3 Å². The molecule has 0 radical (unpaired) electrons. The molecule has 1 aromatic heterocycles. The molecule has 1 N–H and O–H groups in total. The number of sulfonamides is 1. The summed E-state index contributed by atoms with van der Waals surface area (Å²) in [6.45, 7) is 4.73. The molecule has 1 amide bonds. The van der Waals surface area contributed by atoms with E-state index in [1.807, 2.05) is 31.4 Å². The summed E-state index contributed by atoms with van der Waals surface area (Å²) < 4.78 is 27.1. The number of amides is 1. The minimum atomic E-state index is -3.47. The second-order valence-corrected chi connectivity index (χ2v) is 9.26. The maximum absolute atomic E-state index is 12.8. The van der Waals surface area contributed by atoms with Crippen LogP contribution >= 0.6 is 11.3 Å². The summed E-state index contributed by atoms with van der Waals surface area (Å²) in [6.07, 6.45) is 1.25. The first-order chi connectivity index (χ1) is 11.9. The summed E-state index contributed by atoms with van der Waals surface area (Å²) >= 11 is 1.41. The van der Waals surface area contributed by atoms with Gasteiger partial charge in [0.25, 0.3) is 5.91 Å². The van der Waals surface area contributed by atoms with Gasteiger partial charge in [0, 0.05) is 19.1 Å². The number of rotatable bonds is 4. The fraction of sp³-hybridized carbons (Fsp3) is 0.389. The molecule has 1 aliphatic heterocycles. The zero-order valence-corrected chi connectivity index (χ0v) is 16.0. The van der Waals surface area contributed by atoms with Crippen LogP contribution in [0.5, 0.6) is 0 Å². The lowest BCUT2D eigenvalue weighted by molar-refractivity contribution is 0.0928. The molecule has 0 aliphatic carbocycles. The normalized spacial score (nSPS) is 16.7. The van der Waals surface area contributed by atoms with Gasteiger partial charge in [-0.25, -0.2) is 8.42 Å². The van der Waals surface area contributed by atoms with Crippen molar-refractivity contribution in [2.75, 3.05) is 13.1 Å². The smallest absolute Gasteiger partial charge is 0.261 e. The molecule has 5 nitrogen and oxygen atoms in total. The Morgan fingerprint density at radius 1 is 1.16 bits per heavy atom. The van der Waals surface area contributed by atoms with Crippen LogP contribution in [0.2, 0.25) is 0 Å². The van der Waals surface area contributed by atoms with Gasteiger partial charge in [0.05, 0.1) is 9.77 Å². The van der Waals surface area contributed by atoms with Crippen molar-refractivity contribution < 1.29 is 13.2 Å². The molecular weight excluding hydrogens is 356 g/mol. The van der Waals surface area contributed by atoms with E-state index in [0.29, 0.717) is 35.7 Å². The van der Waals surface area contributed by atoms with Crippen LogP contribution < -0.4 is 5.32 Å². The molecule has 25 heavy (non-hydrogen) atoms. The van der Waals surface area contributed by atoms with Crippen molar-refractivity contribution in [2.45, 2.75) is 37.6 Å². The first kappa shape index (κ1) is 18.1. The molecule has 2 aromatic rings. The minimum absolute atomic E-state index is 0.0146. The lowest BCUT2D eigenvalue weighted by Gasteiger charge is -2.31. The van der Waals surface area contributed by atoms with E-state index in [0.717, 1.165) is 11.1 Å². The molecule has 0 unspecified atom stereocenters. The van der Waals surface area contributed by atoms with Gasteiger partial charge in [-0.05, 0) is 61.4 Å². The second kappa shape index (κ2) is 7.27. The van der Waals surface area contributed by atoms with Crippen LogP contribution in [0.15, 0.2) is 40.6 Å². The molecule has 134 valence electrons. The van der Waals surface area contributed by atoms with E-state index in [2.05, 4.69) is 5.32 Å². The number of piperidine rings is 1. The van der Waals surface area contributed by atoms with Crippen LogP contribution in [-0.4, -0.2) is 37.8 Å². The summed E-state index contributed by atoms with van der Waals surface area (Å²) in [7, 11) is -3.47. The molecular formula is C18H22N2O3S2. The Hall–Kier alpha value is -1.70. The van der Waals surface area contributed by atoms with Gasteiger partial charge in [-0.1, -0.05) is 12.1 Å². The Morgan fingerprint density at radius 2 is 1.88 bits per heavy atom. The molecule has 0 atom stereocenters. The number of benzene rings is 1. The van der Waals surface area contributed by atoms with Gasteiger partial charge in [0.15, 0.2) is 0 Å². The SMILES string of the molecule is Cc1ccc(S(=O)(=O)N2CCC(NC(=O)c3cccs3)CC2)cc1C. The number of nitrogens with one attached hydrogen (secondary N) is 1. The number of carbonyl (C=O) groups excluding carboxylic acids is 1. The molecule has 1 aromatic carbocycles. The van der Waals surface area contributed by atoms with Gasteiger partial charge in [0.2, 0.25) is 10.0 Å². The maximum Gasteiger partial charge on any atom is 0.261 e. The average Bonchev–Trinajstić information content (AvgIpc) is 3.12. The first-order valence-electron chi connectivity index (χ1n) is 8.29. The minimum Gasteiger partial charge on any atom is -0.349 e. The Kier molecular flexibility index (Phi) is 5.27. The molecule has 0 spiro atoms. The molecule has 1 aliphatic rings. The summed E-state index contributed by atoms with van der Waals surface area (Å²) in [5, 5.41) is 4.87. The van der Waals surface area contributed by atoms with Crippen molar-refractivity contribution in [1.82, 2.24) is 9.62 Å². The van der Waals surface area contributed by atoms with Crippen LogP contribution in [0, 0.1) is 13.8 Å². The van der Waals surface area contributed by atoms with Crippen molar-refractivity contribution in [3.05, 3.63) is 51.7 Å². The van der Waals surface area contributed by atoms with Crippen molar-refractivity contribution in [2.24, 2.45) is 0 Å². The third-order valence-electron chi connectivity index (χ3n) is 4.65. The zero-order chi connectivity index (χ0) is 18.0.